The molecule has 2 unspecified atom stereocenters. The molecule has 0 amide bonds. The SMILES string of the molecule is C#C[C@]1(OC(C)=O)C(n2ccc(=O)[nH]c2=O)O[C@H](COP(=O)(N[C@@H](C)C(=O)OCC)Oc2ccccc2)[C@H]1OC(C)=O. The summed E-state index contributed by atoms with van der Waals surface area (Å²) in [5.41, 5.74) is -3.96. The van der Waals surface area contributed by atoms with Crippen molar-refractivity contribution in [1.29, 1.82) is 0 Å². The number of carbonyl (C=O) groups excluding carboxylic acids is 3. The quantitative estimate of drug-likeness (QED) is 0.151. The molecule has 0 radical (unpaired) electrons. The first-order valence-electron chi connectivity index (χ1n) is 12.6. The molecule has 1 fully saturated rings. The molecule has 1 saturated heterocycles. The van der Waals surface area contributed by atoms with Gasteiger partial charge in [-0.25, -0.2) is 9.36 Å². The van der Waals surface area contributed by atoms with E-state index in [0.717, 1.165) is 30.7 Å². The molecule has 226 valence electrons. The predicted molar refractivity (Wildman–Crippen MR) is 144 cm³/mol. The summed E-state index contributed by atoms with van der Waals surface area (Å²) in [5, 5.41) is 2.48. The monoisotopic (exact) mass is 607 g/mol. The van der Waals surface area contributed by atoms with Crippen LogP contribution in [0.4, 0.5) is 0 Å². The number of hydrogen-bond acceptors (Lipinski definition) is 12. The van der Waals surface area contributed by atoms with E-state index >= 15 is 0 Å². The van der Waals surface area contributed by atoms with E-state index in [1.54, 1.807) is 25.1 Å². The molecule has 1 aliphatic heterocycles. The number of carbonyl (C=O) groups is 3. The lowest BCUT2D eigenvalue weighted by Crippen LogP contribution is -2.52. The maximum Gasteiger partial charge on any atom is 0.459 e. The summed E-state index contributed by atoms with van der Waals surface area (Å²) in [5.74, 6) is -0.160. The van der Waals surface area contributed by atoms with Crippen molar-refractivity contribution in [3.05, 3.63) is 63.4 Å². The highest BCUT2D eigenvalue weighted by molar-refractivity contribution is 7.52. The standard InChI is InChI=1S/C26H30N3O12P/c1-6-26(40-18(5)31)22(38-17(4)30)20(39-24(26)29-14-13-21(32)27-25(29)34)15-37-42(35,28-16(3)23(33)36-7-2)41-19-11-9-8-10-12-19/h1,8-14,16,20,22,24H,7,15H2,2-5H3,(H,28,35)(H,27,32,34)/t16-,20+,22+,24?,26+,42?/m0/s1. The van der Waals surface area contributed by atoms with Gasteiger partial charge in [0.25, 0.3) is 11.2 Å². The van der Waals surface area contributed by atoms with Crippen LogP contribution < -0.4 is 20.9 Å². The van der Waals surface area contributed by atoms with Gasteiger partial charge in [0.2, 0.25) is 0 Å². The Bertz CT molecular complexity index is 1500. The van der Waals surface area contributed by atoms with Gasteiger partial charge in [-0.3, -0.25) is 33.3 Å². The Morgan fingerprint density at radius 3 is 2.45 bits per heavy atom. The van der Waals surface area contributed by atoms with Gasteiger partial charge in [-0.15, -0.1) is 6.42 Å². The van der Waals surface area contributed by atoms with Gasteiger partial charge in [0.05, 0.1) is 13.2 Å². The highest BCUT2D eigenvalue weighted by Crippen LogP contribution is 2.48. The number of ether oxygens (including phenoxy) is 4. The van der Waals surface area contributed by atoms with Gasteiger partial charge in [0.1, 0.15) is 17.9 Å². The molecular weight excluding hydrogens is 577 g/mol. The Hall–Kier alpha value is -4.22. The molecule has 3 rings (SSSR count). The van der Waals surface area contributed by atoms with Crippen molar-refractivity contribution in [2.45, 2.75) is 57.8 Å². The van der Waals surface area contributed by atoms with Crippen molar-refractivity contribution in [3.63, 3.8) is 0 Å². The molecule has 0 spiro atoms. The Labute approximate surface area is 240 Å². The second-order valence-corrected chi connectivity index (χ2v) is 10.6. The first-order chi connectivity index (χ1) is 19.8. The number of hydrogen-bond donors (Lipinski definition) is 2. The third kappa shape index (κ3) is 7.54. The molecule has 0 bridgehead atoms. The van der Waals surface area contributed by atoms with Gasteiger partial charge >= 0.3 is 31.3 Å². The molecule has 15 nitrogen and oxygen atoms in total. The minimum absolute atomic E-state index is 0.0609. The Kier molecular flexibility index (Phi) is 10.5. The topological polar surface area (TPSA) is 191 Å². The van der Waals surface area contributed by atoms with Gasteiger partial charge in [0.15, 0.2) is 12.3 Å². The van der Waals surface area contributed by atoms with Crippen LogP contribution in [0.3, 0.4) is 0 Å². The predicted octanol–water partition coefficient (Wildman–Crippen LogP) is 1.05. The van der Waals surface area contributed by atoms with Gasteiger partial charge < -0.3 is 23.5 Å². The number of nitrogens with zero attached hydrogens (tertiary/aromatic N) is 1. The van der Waals surface area contributed by atoms with E-state index in [2.05, 4.69) is 11.0 Å². The molecule has 1 aromatic carbocycles. The van der Waals surface area contributed by atoms with Crippen molar-refractivity contribution >= 4 is 25.7 Å². The molecular formula is C26H30N3O12P. The average Bonchev–Trinajstić information content (AvgIpc) is 3.20. The minimum Gasteiger partial charge on any atom is -0.465 e. The molecule has 2 heterocycles. The van der Waals surface area contributed by atoms with Crippen LogP contribution in [0.5, 0.6) is 5.75 Å². The second kappa shape index (κ2) is 13.6. The van der Waals surface area contributed by atoms with Crippen LogP contribution in [0.1, 0.15) is 33.9 Å². The highest BCUT2D eigenvalue weighted by Gasteiger charge is 2.62. The number of aromatic nitrogens is 2. The number of H-pyrrole nitrogens is 1. The van der Waals surface area contributed by atoms with E-state index in [9.17, 15) is 28.5 Å². The zero-order chi connectivity index (χ0) is 31.1. The van der Waals surface area contributed by atoms with Gasteiger partial charge in [-0.2, -0.15) is 5.09 Å². The van der Waals surface area contributed by atoms with Crippen molar-refractivity contribution in [2.75, 3.05) is 13.2 Å². The number of benzene rings is 1. The fourth-order valence-corrected chi connectivity index (χ4v) is 5.58. The first-order valence-corrected chi connectivity index (χ1v) is 14.1. The molecule has 2 N–H and O–H groups in total. The molecule has 2 aromatic rings. The number of para-hydroxylation sites is 1. The lowest BCUT2D eigenvalue weighted by atomic mass is 9.94. The molecule has 6 atom stereocenters. The average molecular weight is 608 g/mol. The Morgan fingerprint density at radius 2 is 1.88 bits per heavy atom. The summed E-state index contributed by atoms with van der Waals surface area (Å²) >= 11 is 0. The fourth-order valence-electron chi connectivity index (χ4n) is 4.08. The molecule has 42 heavy (non-hydrogen) atoms. The van der Waals surface area contributed by atoms with Gasteiger partial charge in [0, 0.05) is 26.1 Å². The fraction of sp³-hybridized carbons (Fsp3) is 0.423. The number of rotatable bonds is 12. The van der Waals surface area contributed by atoms with Crippen molar-refractivity contribution in [1.82, 2.24) is 14.6 Å². The summed E-state index contributed by atoms with van der Waals surface area (Å²) in [7, 11) is -4.42. The van der Waals surface area contributed by atoms with E-state index in [1.165, 1.54) is 19.1 Å². The smallest absolute Gasteiger partial charge is 0.459 e. The summed E-state index contributed by atoms with van der Waals surface area (Å²) in [6.45, 7) is 4.42. The molecule has 16 heteroatoms. The Morgan fingerprint density at radius 1 is 1.19 bits per heavy atom. The number of aromatic amines is 1. The molecule has 1 aliphatic rings. The lowest BCUT2D eigenvalue weighted by molar-refractivity contribution is -0.176. The third-order valence-corrected chi connectivity index (χ3v) is 7.38. The van der Waals surface area contributed by atoms with Crippen molar-refractivity contribution in [2.24, 2.45) is 0 Å². The van der Waals surface area contributed by atoms with Crippen LogP contribution >= 0.6 is 7.75 Å². The highest BCUT2D eigenvalue weighted by atomic mass is 31.2. The van der Waals surface area contributed by atoms with Crippen LogP contribution in [0.25, 0.3) is 0 Å². The second-order valence-electron chi connectivity index (χ2n) is 8.91. The Balaban J connectivity index is 2.03. The van der Waals surface area contributed by atoms with Gasteiger partial charge in [-0.05, 0) is 26.0 Å². The van der Waals surface area contributed by atoms with E-state index in [4.69, 9.17) is 34.4 Å². The van der Waals surface area contributed by atoms with E-state index in [0.29, 0.717) is 0 Å². The number of terminal acetylenes is 1. The van der Waals surface area contributed by atoms with Crippen LogP contribution in [0.15, 0.2) is 52.2 Å². The van der Waals surface area contributed by atoms with Gasteiger partial charge in [-0.1, -0.05) is 24.1 Å². The number of esters is 3. The van der Waals surface area contributed by atoms with E-state index in [1.807, 2.05) is 4.98 Å². The van der Waals surface area contributed by atoms with E-state index in [-0.39, 0.29) is 12.4 Å². The van der Waals surface area contributed by atoms with Crippen LogP contribution in [-0.4, -0.2) is 64.5 Å². The summed E-state index contributed by atoms with van der Waals surface area (Å²) in [6, 6.07) is 7.72. The third-order valence-electron chi connectivity index (χ3n) is 5.74. The zero-order valence-electron chi connectivity index (χ0n) is 23.1. The minimum atomic E-state index is -4.42. The molecule has 0 saturated carbocycles. The summed E-state index contributed by atoms with van der Waals surface area (Å²) in [6.07, 6.45) is 2.15. The summed E-state index contributed by atoms with van der Waals surface area (Å²) < 4.78 is 47.7. The van der Waals surface area contributed by atoms with E-state index < -0.39 is 73.6 Å². The molecule has 0 aliphatic carbocycles. The zero-order valence-corrected chi connectivity index (χ0v) is 24.0. The van der Waals surface area contributed by atoms with Crippen LogP contribution in [0.2, 0.25) is 0 Å². The first kappa shape index (κ1) is 32.3. The lowest BCUT2D eigenvalue weighted by Gasteiger charge is -2.33. The number of nitrogens with one attached hydrogen (secondary N) is 2. The van der Waals surface area contributed by atoms with Crippen LogP contribution in [-0.2, 0) is 42.4 Å². The maximum absolute atomic E-state index is 13.9. The maximum atomic E-state index is 13.9. The molecule has 1 aromatic heterocycles. The van der Waals surface area contributed by atoms with Crippen LogP contribution in [0, 0.1) is 12.3 Å². The van der Waals surface area contributed by atoms with Crippen molar-refractivity contribution < 1.29 is 46.9 Å². The summed E-state index contributed by atoms with van der Waals surface area (Å²) in [4.78, 5) is 62.9. The normalized spacial score (nSPS) is 23.5. The van der Waals surface area contributed by atoms with Crippen molar-refractivity contribution in [3.8, 4) is 18.1 Å². The largest absolute Gasteiger partial charge is 0.465 e.